The molecule has 0 N–H and O–H groups in total. The summed E-state index contributed by atoms with van der Waals surface area (Å²) >= 11 is 0. The first-order valence-corrected chi connectivity index (χ1v) is 8.18. The highest BCUT2D eigenvalue weighted by Crippen LogP contribution is 2.20. The fraction of sp³-hybridized carbons (Fsp3) is 1.00. The molecule has 0 radical (unpaired) electrons. The van der Waals surface area contributed by atoms with Gasteiger partial charge in [0.15, 0.2) is 0 Å². The molecule has 4 heteroatoms. The summed E-state index contributed by atoms with van der Waals surface area (Å²) in [7, 11) is 1.79. The van der Waals surface area contributed by atoms with Crippen LogP contribution < -0.4 is 0 Å². The molecule has 2 aliphatic rings. The van der Waals surface area contributed by atoms with Crippen LogP contribution in [0.15, 0.2) is 0 Å². The van der Waals surface area contributed by atoms with Gasteiger partial charge in [-0.15, -0.1) is 0 Å². The molecule has 1 unspecified atom stereocenters. The maximum atomic E-state index is 5.17. The SMILES string of the molecule is COCCN1CCC(CN2CCN(C(C)(C)C)CC2)C1. The van der Waals surface area contributed by atoms with Gasteiger partial charge in [0, 0.05) is 58.5 Å². The zero-order valence-corrected chi connectivity index (χ0v) is 13.9. The largest absolute Gasteiger partial charge is 0.383 e. The molecule has 0 aliphatic carbocycles. The standard InChI is InChI=1S/C16H33N3O/c1-16(2,3)19-9-7-18(8-10-19)14-15-5-6-17(13-15)11-12-20-4/h15H,5-14H2,1-4H3. The molecule has 0 aromatic carbocycles. The molecule has 2 rings (SSSR count). The average molecular weight is 283 g/mol. The van der Waals surface area contributed by atoms with E-state index >= 15 is 0 Å². The van der Waals surface area contributed by atoms with Crippen LogP contribution in [-0.4, -0.2) is 86.3 Å². The third-order valence-corrected chi connectivity index (χ3v) is 4.82. The molecular weight excluding hydrogens is 250 g/mol. The zero-order chi connectivity index (χ0) is 14.6. The number of likely N-dealkylation sites (tertiary alicyclic amines) is 1. The lowest BCUT2D eigenvalue weighted by Crippen LogP contribution is -2.54. The first-order valence-electron chi connectivity index (χ1n) is 8.18. The van der Waals surface area contributed by atoms with Crippen molar-refractivity contribution in [3.8, 4) is 0 Å². The van der Waals surface area contributed by atoms with Crippen LogP contribution in [0.25, 0.3) is 0 Å². The molecule has 0 aromatic rings. The monoisotopic (exact) mass is 283 g/mol. The molecule has 0 amide bonds. The molecule has 0 bridgehead atoms. The summed E-state index contributed by atoms with van der Waals surface area (Å²) in [6.07, 6.45) is 1.36. The van der Waals surface area contributed by atoms with Crippen molar-refractivity contribution in [3.63, 3.8) is 0 Å². The van der Waals surface area contributed by atoms with Crippen LogP contribution in [0.2, 0.25) is 0 Å². The van der Waals surface area contributed by atoms with Crippen molar-refractivity contribution in [1.82, 2.24) is 14.7 Å². The molecule has 1 atom stereocenters. The van der Waals surface area contributed by atoms with E-state index in [1.165, 1.54) is 52.2 Å². The van der Waals surface area contributed by atoms with Crippen molar-refractivity contribution in [1.29, 1.82) is 0 Å². The lowest BCUT2D eigenvalue weighted by Gasteiger charge is -2.42. The predicted molar refractivity (Wildman–Crippen MR) is 84.2 cm³/mol. The van der Waals surface area contributed by atoms with E-state index in [9.17, 15) is 0 Å². The molecular formula is C16H33N3O. The maximum Gasteiger partial charge on any atom is 0.0589 e. The highest BCUT2D eigenvalue weighted by molar-refractivity contribution is 4.84. The first kappa shape index (κ1) is 16.2. The van der Waals surface area contributed by atoms with Gasteiger partial charge in [0.05, 0.1) is 6.61 Å². The second kappa shape index (κ2) is 7.21. The minimum Gasteiger partial charge on any atom is -0.383 e. The summed E-state index contributed by atoms with van der Waals surface area (Å²) < 4.78 is 5.17. The van der Waals surface area contributed by atoms with E-state index in [0.717, 1.165) is 19.1 Å². The van der Waals surface area contributed by atoms with Gasteiger partial charge in [-0.2, -0.15) is 0 Å². The Morgan fingerprint density at radius 1 is 1.00 bits per heavy atom. The highest BCUT2D eigenvalue weighted by Gasteiger charge is 2.28. The summed E-state index contributed by atoms with van der Waals surface area (Å²) in [6.45, 7) is 17.7. The van der Waals surface area contributed by atoms with Crippen LogP contribution in [0.1, 0.15) is 27.2 Å². The molecule has 2 aliphatic heterocycles. The smallest absolute Gasteiger partial charge is 0.0589 e. The van der Waals surface area contributed by atoms with Crippen LogP contribution >= 0.6 is 0 Å². The minimum absolute atomic E-state index is 0.330. The van der Waals surface area contributed by atoms with E-state index in [4.69, 9.17) is 4.74 Å². The summed E-state index contributed by atoms with van der Waals surface area (Å²) in [5.74, 6) is 0.869. The Labute approximate surface area is 125 Å². The molecule has 0 aromatic heterocycles. The Kier molecular flexibility index (Phi) is 5.84. The lowest BCUT2D eigenvalue weighted by atomic mass is 10.0. The van der Waals surface area contributed by atoms with Gasteiger partial charge >= 0.3 is 0 Å². The number of rotatable bonds is 5. The van der Waals surface area contributed by atoms with Crippen LogP contribution in [0.4, 0.5) is 0 Å². The van der Waals surface area contributed by atoms with E-state index in [1.807, 2.05) is 0 Å². The molecule has 0 saturated carbocycles. The number of piperazine rings is 1. The molecule has 0 spiro atoms. The minimum atomic E-state index is 0.330. The van der Waals surface area contributed by atoms with Crippen LogP contribution in [0.5, 0.6) is 0 Å². The van der Waals surface area contributed by atoms with E-state index in [1.54, 1.807) is 7.11 Å². The quantitative estimate of drug-likeness (QED) is 0.758. The van der Waals surface area contributed by atoms with Gasteiger partial charge in [-0.3, -0.25) is 4.90 Å². The Bertz CT molecular complexity index is 282. The van der Waals surface area contributed by atoms with Crippen LogP contribution in [-0.2, 0) is 4.74 Å². The van der Waals surface area contributed by atoms with Crippen molar-refractivity contribution in [2.75, 3.05) is 66.1 Å². The van der Waals surface area contributed by atoms with Crippen molar-refractivity contribution in [2.45, 2.75) is 32.7 Å². The normalized spacial score (nSPS) is 27.3. The van der Waals surface area contributed by atoms with Gasteiger partial charge in [0.2, 0.25) is 0 Å². The predicted octanol–water partition coefficient (Wildman–Crippen LogP) is 1.37. The number of methoxy groups -OCH3 is 1. The Morgan fingerprint density at radius 3 is 2.30 bits per heavy atom. The average Bonchev–Trinajstić information content (AvgIpc) is 2.83. The lowest BCUT2D eigenvalue weighted by molar-refractivity contribution is 0.0555. The van der Waals surface area contributed by atoms with Crippen LogP contribution in [0.3, 0.4) is 0 Å². The van der Waals surface area contributed by atoms with Crippen LogP contribution in [0, 0.1) is 5.92 Å². The van der Waals surface area contributed by atoms with Crippen molar-refractivity contribution < 1.29 is 4.74 Å². The highest BCUT2D eigenvalue weighted by atomic mass is 16.5. The molecule has 4 nitrogen and oxygen atoms in total. The third kappa shape index (κ3) is 4.69. The Morgan fingerprint density at radius 2 is 1.70 bits per heavy atom. The fourth-order valence-corrected chi connectivity index (χ4v) is 3.45. The van der Waals surface area contributed by atoms with Crippen molar-refractivity contribution >= 4 is 0 Å². The van der Waals surface area contributed by atoms with E-state index in [0.29, 0.717) is 5.54 Å². The van der Waals surface area contributed by atoms with E-state index in [2.05, 4.69) is 35.5 Å². The van der Waals surface area contributed by atoms with Gasteiger partial charge in [-0.1, -0.05) is 0 Å². The second-order valence-corrected chi connectivity index (χ2v) is 7.41. The molecule has 20 heavy (non-hydrogen) atoms. The second-order valence-electron chi connectivity index (χ2n) is 7.41. The third-order valence-electron chi connectivity index (χ3n) is 4.82. The number of nitrogens with zero attached hydrogens (tertiary/aromatic N) is 3. The van der Waals surface area contributed by atoms with Gasteiger partial charge in [-0.05, 0) is 39.7 Å². The number of hydrogen-bond donors (Lipinski definition) is 0. The van der Waals surface area contributed by atoms with Crippen molar-refractivity contribution in [2.24, 2.45) is 5.92 Å². The number of hydrogen-bond acceptors (Lipinski definition) is 4. The van der Waals surface area contributed by atoms with Gasteiger partial charge in [-0.25, -0.2) is 0 Å². The summed E-state index contributed by atoms with van der Waals surface area (Å²) in [5, 5.41) is 0. The number of ether oxygens (including phenoxy) is 1. The molecule has 2 fully saturated rings. The molecule has 2 heterocycles. The van der Waals surface area contributed by atoms with E-state index < -0.39 is 0 Å². The first-order chi connectivity index (χ1) is 9.49. The Hall–Kier alpha value is -0.160. The van der Waals surface area contributed by atoms with E-state index in [-0.39, 0.29) is 0 Å². The maximum absolute atomic E-state index is 5.17. The van der Waals surface area contributed by atoms with Gasteiger partial charge in [0.1, 0.15) is 0 Å². The summed E-state index contributed by atoms with van der Waals surface area (Å²) in [5.41, 5.74) is 0.330. The summed E-state index contributed by atoms with van der Waals surface area (Å²) in [4.78, 5) is 7.84. The topological polar surface area (TPSA) is 19.0 Å². The van der Waals surface area contributed by atoms with Gasteiger partial charge in [0.25, 0.3) is 0 Å². The van der Waals surface area contributed by atoms with Crippen molar-refractivity contribution in [3.05, 3.63) is 0 Å². The Balaban J connectivity index is 1.66. The fourth-order valence-electron chi connectivity index (χ4n) is 3.45. The summed E-state index contributed by atoms with van der Waals surface area (Å²) in [6, 6.07) is 0. The zero-order valence-electron chi connectivity index (χ0n) is 13.9. The molecule has 118 valence electrons. The molecule has 2 saturated heterocycles. The van der Waals surface area contributed by atoms with Gasteiger partial charge < -0.3 is 14.5 Å².